The van der Waals surface area contributed by atoms with E-state index in [2.05, 4.69) is 44.0 Å². The Morgan fingerprint density at radius 2 is 2.06 bits per heavy atom. The highest BCUT2D eigenvalue weighted by atomic mass is 16.3. The van der Waals surface area contributed by atoms with Crippen LogP contribution in [-0.2, 0) is 0 Å². The minimum Gasteiger partial charge on any atom is -0.472 e. The van der Waals surface area contributed by atoms with Crippen LogP contribution >= 0.6 is 0 Å². The number of hydrogen-bond acceptors (Lipinski definition) is 3. The van der Waals surface area contributed by atoms with Gasteiger partial charge in [0.05, 0.1) is 18.6 Å². The lowest BCUT2D eigenvalue weighted by molar-refractivity contribution is 0.556. The minimum atomic E-state index is 0.144. The molecule has 0 spiro atoms. The summed E-state index contributed by atoms with van der Waals surface area (Å²) in [5.74, 6) is 0. The molecular formula is C15H20N2O. The summed E-state index contributed by atoms with van der Waals surface area (Å²) in [6.07, 6.45) is 3.45. The molecule has 0 saturated heterocycles. The number of hydrogen-bond donors (Lipinski definition) is 1. The second kappa shape index (κ2) is 5.27. The van der Waals surface area contributed by atoms with Gasteiger partial charge < -0.3 is 15.1 Å². The molecule has 0 radical (unpaired) electrons. The van der Waals surface area contributed by atoms with Gasteiger partial charge in [-0.2, -0.15) is 0 Å². The van der Waals surface area contributed by atoms with Crippen LogP contribution < -0.4 is 10.6 Å². The molecule has 1 aromatic carbocycles. The summed E-state index contributed by atoms with van der Waals surface area (Å²) >= 11 is 0. The van der Waals surface area contributed by atoms with Gasteiger partial charge in [0.1, 0.15) is 0 Å². The Labute approximate surface area is 108 Å². The maximum atomic E-state index is 5.90. The van der Waals surface area contributed by atoms with Gasteiger partial charge in [-0.3, -0.25) is 0 Å². The van der Waals surface area contributed by atoms with Gasteiger partial charge in [-0.25, -0.2) is 0 Å². The highest BCUT2D eigenvalue weighted by Crippen LogP contribution is 2.28. The van der Waals surface area contributed by atoms with Crippen LogP contribution in [-0.4, -0.2) is 13.6 Å². The smallest absolute Gasteiger partial charge is 0.0955 e. The van der Waals surface area contributed by atoms with Crippen molar-refractivity contribution in [3.05, 3.63) is 53.5 Å². The quantitative estimate of drug-likeness (QED) is 0.899. The summed E-state index contributed by atoms with van der Waals surface area (Å²) in [4.78, 5) is 2.21. The number of aryl methyl sites for hydroxylation is 2. The lowest BCUT2D eigenvalue weighted by atomic mass is 10.1. The largest absolute Gasteiger partial charge is 0.472 e. The molecule has 3 heteroatoms. The average molecular weight is 244 g/mol. The Bertz CT molecular complexity index is 505. The molecule has 2 N–H and O–H groups in total. The monoisotopic (exact) mass is 244 g/mol. The summed E-state index contributed by atoms with van der Waals surface area (Å²) in [5.41, 5.74) is 10.8. The Morgan fingerprint density at radius 1 is 1.28 bits per heavy atom. The van der Waals surface area contributed by atoms with Crippen LogP contribution in [0.3, 0.4) is 0 Å². The van der Waals surface area contributed by atoms with Gasteiger partial charge in [0, 0.05) is 24.8 Å². The number of likely N-dealkylation sites (N-methyl/N-ethyl adjacent to an activating group) is 1. The van der Waals surface area contributed by atoms with E-state index < -0.39 is 0 Å². The van der Waals surface area contributed by atoms with Crippen molar-refractivity contribution >= 4 is 5.69 Å². The SMILES string of the molecule is Cc1ccc(N(C)C(CN)c2ccoc2)c(C)c1. The molecule has 96 valence electrons. The van der Waals surface area contributed by atoms with E-state index in [1.165, 1.54) is 16.8 Å². The van der Waals surface area contributed by atoms with E-state index in [-0.39, 0.29) is 6.04 Å². The van der Waals surface area contributed by atoms with E-state index in [4.69, 9.17) is 10.2 Å². The van der Waals surface area contributed by atoms with Crippen LogP contribution in [0.4, 0.5) is 5.69 Å². The summed E-state index contributed by atoms with van der Waals surface area (Å²) < 4.78 is 5.15. The van der Waals surface area contributed by atoms with Crippen molar-refractivity contribution in [1.29, 1.82) is 0 Å². The van der Waals surface area contributed by atoms with Crippen LogP contribution in [0.25, 0.3) is 0 Å². The van der Waals surface area contributed by atoms with Gasteiger partial charge in [0.15, 0.2) is 0 Å². The molecule has 3 nitrogen and oxygen atoms in total. The Hall–Kier alpha value is -1.74. The molecule has 1 aromatic heterocycles. The fraction of sp³-hybridized carbons (Fsp3) is 0.333. The Morgan fingerprint density at radius 3 is 2.61 bits per heavy atom. The molecule has 1 atom stereocenters. The summed E-state index contributed by atoms with van der Waals surface area (Å²) in [7, 11) is 2.07. The number of benzene rings is 1. The second-order valence-electron chi connectivity index (χ2n) is 4.71. The van der Waals surface area contributed by atoms with E-state index >= 15 is 0 Å². The van der Waals surface area contributed by atoms with Crippen LogP contribution in [0.1, 0.15) is 22.7 Å². The van der Waals surface area contributed by atoms with Crippen molar-refractivity contribution < 1.29 is 4.42 Å². The Balaban J connectivity index is 2.31. The molecule has 18 heavy (non-hydrogen) atoms. The predicted octanol–water partition coefficient (Wildman–Crippen LogP) is 3.03. The molecule has 0 bridgehead atoms. The highest BCUT2D eigenvalue weighted by Gasteiger charge is 2.18. The average Bonchev–Trinajstić information content (AvgIpc) is 2.83. The van der Waals surface area contributed by atoms with E-state index in [1.54, 1.807) is 12.5 Å². The number of rotatable bonds is 4. The standard InChI is InChI=1S/C15H20N2O/c1-11-4-5-14(12(2)8-11)17(3)15(9-16)13-6-7-18-10-13/h4-8,10,15H,9,16H2,1-3H3. The van der Waals surface area contributed by atoms with Gasteiger partial charge >= 0.3 is 0 Å². The van der Waals surface area contributed by atoms with Crippen LogP contribution in [0.15, 0.2) is 41.2 Å². The van der Waals surface area contributed by atoms with Gasteiger partial charge in [-0.05, 0) is 31.5 Å². The lowest BCUT2D eigenvalue weighted by Gasteiger charge is -2.29. The van der Waals surface area contributed by atoms with E-state index in [1.807, 2.05) is 6.07 Å². The predicted molar refractivity (Wildman–Crippen MR) is 74.8 cm³/mol. The zero-order valence-corrected chi connectivity index (χ0v) is 11.2. The van der Waals surface area contributed by atoms with Crippen LogP contribution in [0.5, 0.6) is 0 Å². The molecule has 2 aromatic rings. The lowest BCUT2D eigenvalue weighted by Crippen LogP contribution is -2.30. The van der Waals surface area contributed by atoms with Gasteiger partial charge in [-0.15, -0.1) is 0 Å². The summed E-state index contributed by atoms with van der Waals surface area (Å²) in [5, 5.41) is 0. The zero-order chi connectivity index (χ0) is 13.1. The fourth-order valence-corrected chi connectivity index (χ4v) is 2.35. The van der Waals surface area contributed by atoms with Crippen molar-refractivity contribution in [2.24, 2.45) is 5.73 Å². The van der Waals surface area contributed by atoms with Crippen molar-refractivity contribution in [3.8, 4) is 0 Å². The number of nitrogens with zero attached hydrogens (tertiary/aromatic N) is 1. The second-order valence-corrected chi connectivity index (χ2v) is 4.71. The van der Waals surface area contributed by atoms with Crippen LogP contribution in [0.2, 0.25) is 0 Å². The zero-order valence-electron chi connectivity index (χ0n) is 11.2. The Kier molecular flexibility index (Phi) is 3.72. The molecular weight excluding hydrogens is 224 g/mol. The first-order valence-electron chi connectivity index (χ1n) is 6.15. The molecule has 0 aliphatic rings. The molecule has 0 fully saturated rings. The minimum absolute atomic E-state index is 0.144. The van der Waals surface area contributed by atoms with E-state index in [0.717, 1.165) is 5.56 Å². The summed E-state index contributed by atoms with van der Waals surface area (Å²) in [6, 6.07) is 8.58. The molecule has 2 rings (SSSR count). The van der Waals surface area contributed by atoms with Crippen molar-refractivity contribution in [3.63, 3.8) is 0 Å². The van der Waals surface area contributed by atoms with Crippen LogP contribution in [0, 0.1) is 13.8 Å². The van der Waals surface area contributed by atoms with Gasteiger partial charge in [0.25, 0.3) is 0 Å². The molecule has 0 aliphatic heterocycles. The van der Waals surface area contributed by atoms with Crippen molar-refractivity contribution in [2.75, 3.05) is 18.5 Å². The molecule has 1 heterocycles. The van der Waals surface area contributed by atoms with E-state index in [9.17, 15) is 0 Å². The third-order valence-electron chi connectivity index (χ3n) is 3.35. The summed E-state index contributed by atoms with van der Waals surface area (Å²) in [6.45, 7) is 4.79. The molecule has 0 aliphatic carbocycles. The van der Waals surface area contributed by atoms with E-state index in [0.29, 0.717) is 6.54 Å². The topological polar surface area (TPSA) is 42.4 Å². The maximum Gasteiger partial charge on any atom is 0.0955 e. The third kappa shape index (κ3) is 2.41. The number of anilines is 1. The third-order valence-corrected chi connectivity index (χ3v) is 3.35. The first-order valence-corrected chi connectivity index (χ1v) is 6.15. The van der Waals surface area contributed by atoms with Crippen molar-refractivity contribution in [1.82, 2.24) is 0 Å². The molecule has 0 amide bonds. The number of nitrogens with two attached hydrogens (primary N) is 1. The normalized spacial score (nSPS) is 12.4. The first-order chi connectivity index (χ1) is 8.63. The molecule has 0 saturated carbocycles. The maximum absolute atomic E-state index is 5.90. The highest BCUT2D eigenvalue weighted by molar-refractivity contribution is 5.55. The van der Waals surface area contributed by atoms with Gasteiger partial charge in [-0.1, -0.05) is 17.7 Å². The fourth-order valence-electron chi connectivity index (χ4n) is 2.35. The van der Waals surface area contributed by atoms with Gasteiger partial charge in [0.2, 0.25) is 0 Å². The van der Waals surface area contributed by atoms with Crippen molar-refractivity contribution in [2.45, 2.75) is 19.9 Å². The first kappa shape index (κ1) is 12.7. The molecule has 1 unspecified atom stereocenters. The number of furan rings is 1.